The van der Waals surface area contributed by atoms with Gasteiger partial charge in [-0.05, 0) is 44.4 Å². The number of hydrogen-bond acceptors (Lipinski definition) is 2. The maximum absolute atomic E-state index is 13.4. The Morgan fingerprint density at radius 1 is 1.50 bits per heavy atom. The smallest absolute Gasteiger partial charge is 0.142 e. The highest BCUT2D eigenvalue weighted by Gasteiger charge is 2.24. The molecule has 1 aliphatic heterocycles. The Morgan fingerprint density at radius 2 is 2.33 bits per heavy atom. The monoisotopic (exact) mass is 271 g/mol. The van der Waals surface area contributed by atoms with Crippen LogP contribution in [0.3, 0.4) is 0 Å². The van der Waals surface area contributed by atoms with Crippen molar-refractivity contribution in [2.75, 3.05) is 13.7 Å². The number of likely N-dealkylation sites (N-methyl/N-ethyl adjacent to an activating group) is 1. The van der Waals surface area contributed by atoms with Crippen molar-refractivity contribution in [2.45, 2.75) is 37.8 Å². The summed E-state index contributed by atoms with van der Waals surface area (Å²) in [6, 6.07) is 5.14. The fourth-order valence-electron chi connectivity index (χ4n) is 2.45. The number of halogens is 2. The highest BCUT2D eigenvalue weighted by atomic mass is 35.5. The number of nitrogens with one attached hydrogen (secondary N) is 1. The molecule has 100 valence electrons. The van der Waals surface area contributed by atoms with Crippen molar-refractivity contribution in [3.05, 3.63) is 34.6 Å². The molecule has 2 atom stereocenters. The van der Waals surface area contributed by atoms with Gasteiger partial charge in [0.05, 0.1) is 11.1 Å². The fourth-order valence-corrected chi connectivity index (χ4v) is 2.65. The fraction of sp³-hybridized carbons (Fsp3) is 0.571. The molecule has 1 aromatic rings. The van der Waals surface area contributed by atoms with Gasteiger partial charge in [-0.2, -0.15) is 0 Å². The van der Waals surface area contributed by atoms with Crippen LogP contribution in [0, 0.1) is 5.82 Å². The summed E-state index contributed by atoms with van der Waals surface area (Å²) in [5.74, 6) is -0.353. The van der Waals surface area contributed by atoms with Gasteiger partial charge in [0.25, 0.3) is 0 Å². The molecule has 1 aromatic carbocycles. The minimum atomic E-state index is -0.353. The lowest BCUT2D eigenvalue weighted by molar-refractivity contribution is -0.00588. The van der Waals surface area contributed by atoms with Crippen molar-refractivity contribution in [3.63, 3.8) is 0 Å². The average molecular weight is 272 g/mol. The van der Waals surface area contributed by atoms with Crippen molar-refractivity contribution >= 4 is 11.6 Å². The SMILES string of the molecule is CNC(Cc1cccc(F)c1Cl)C1CCCCO1. The molecule has 2 rings (SSSR count). The molecule has 2 nitrogen and oxygen atoms in total. The van der Waals surface area contributed by atoms with Gasteiger partial charge in [-0.1, -0.05) is 23.7 Å². The van der Waals surface area contributed by atoms with Gasteiger partial charge in [0.15, 0.2) is 0 Å². The van der Waals surface area contributed by atoms with E-state index in [0.29, 0.717) is 6.42 Å². The molecule has 0 amide bonds. The first-order valence-corrected chi connectivity index (χ1v) is 6.82. The Bertz CT molecular complexity index is 393. The normalized spacial score (nSPS) is 21.8. The summed E-state index contributed by atoms with van der Waals surface area (Å²) in [7, 11) is 1.91. The molecule has 0 aliphatic carbocycles. The summed E-state index contributed by atoms with van der Waals surface area (Å²) in [6.07, 6.45) is 4.27. The molecule has 1 saturated heterocycles. The third-order valence-corrected chi connectivity index (χ3v) is 3.93. The number of benzene rings is 1. The van der Waals surface area contributed by atoms with E-state index in [2.05, 4.69) is 5.32 Å². The molecule has 0 radical (unpaired) electrons. The van der Waals surface area contributed by atoms with Crippen LogP contribution in [0.2, 0.25) is 5.02 Å². The van der Waals surface area contributed by atoms with Gasteiger partial charge in [-0.3, -0.25) is 0 Å². The van der Waals surface area contributed by atoms with E-state index in [0.717, 1.165) is 25.0 Å². The summed E-state index contributed by atoms with van der Waals surface area (Å²) in [4.78, 5) is 0. The van der Waals surface area contributed by atoms with E-state index in [1.807, 2.05) is 13.1 Å². The molecule has 0 saturated carbocycles. The molecular formula is C14H19ClFNO. The third-order valence-electron chi connectivity index (χ3n) is 3.51. The van der Waals surface area contributed by atoms with Gasteiger partial charge < -0.3 is 10.1 Å². The van der Waals surface area contributed by atoms with Gasteiger partial charge in [0.1, 0.15) is 5.82 Å². The van der Waals surface area contributed by atoms with Crippen LogP contribution in [0.1, 0.15) is 24.8 Å². The van der Waals surface area contributed by atoms with E-state index in [1.165, 1.54) is 12.5 Å². The van der Waals surface area contributed by atoms with Crippen LogP contribution in [0.5, 0.6) is 0 Å². The Morgan fingerprint density at radius 3 is 3.00 bits per heavy atom. The molecule has 0 spiro atoms. The van der Waals surface area contributed by atoms with E-state index in [-0.39, 0.29) is 23.0 Å². The lowest BCUT2D eigenvalue weighted by Gasteiger charge is -2.30. The summed E-state index contributed by atoms with van der Waals surface area (Å²) in [6.45, 7) is 0.819. The van der Waals surface area contributed by atoms with Gasteiger partial charge >= 0.3 is 0 Å². The summed E-state index contributed by atoms with van der Waals surface area (Å²) in [5, 5.41) is 3.49. The highest BCUT2D eigenvalue weighted by Crippen LogP contribution is 2.24. The zero-order valence-electron chi connectivity index (χ0n) is 10.6. The van der Waals surface area contributed by atoms with Gasteiger partial charge in [0.2, 0.25) is 0 Å². The van der Waals surface area contributed by atoms with E-state index >= 15 is 0 Å². The Labute approximate surface area is 112 Å². The molecule has 1 N–H and O–H groups in total. The second-order valence-corrected chi connectivity index (χ2v) is 5.10. The van der Waals surface area contributed by atoms with E-state index in [9.17, 15) is 4.39 Å². The standard InChI is InChI=1S/C14H19ClFNO/c1-17-12(13-7-2-3-8-18-13)9-10-5-4-6-11(16)14(10)15/h4-6,12-13,17H,2-3,7-9H2,1H3. The molecule has 0 aromatic heterocycles. The molecule has 1 aliphatic rings. The van der Waals surface area contributed by atoms with E-state index in [4.69, 9.17) is 16.3 Å². The number of ether oxygens (including phenoxy) is 1. The van der Waals surface area contributed by atoms with Gasteiger partial charge in [0, 0.05) is 12.6 Å². The van der Waals surface area contributed by atoms with Crippen molar-refractivity contribution in [3.8, 4) is 0 Å². The summed E-state index contributed by atoms with van der Waals surface area (Å²) in [5.41, 5.74) is 0.838. The second-order valence-electron chi connectivity index (χ2n) is 4.72. The van der Waals surface area contributed by atoms with Crippen LogP contribution in [-0.4, -0.2) is 25.8 Å². The first-order chi connectivity index (χ1) is 8.72. The first kappa shape index (κ1) is 13.8. The van der Waals surface area contributed by atoms with E-state index in [1.54, 1.807) is 6.07 Å². The zero-order valence-corrected chi connectivity index (χ0v) is 11.3. The van der Waals surface area contributed by atoms with Crippen molar-refractivity contribution in [1.82, 2.24) is 5.32 Å². The van der Waals surface area contributed by atoms with Gasteiger partial charge in [-0.25, -0.2) is 4.39 Å². The van der Waals surface area contributed by atoms with Crippen molar-refractivity contribution in [2.24, 2.45) is 0 Å². The molecule has 0 bridgehead atoms. The highest BCUT2D eigenvalue weighted by molar-refractivity contribution is 6.31. The maximum atomic E-state index is 13.4. The topological polar surface area (TPSA) is 21.3 Å². The maximum Gasteiger partial charge on any atom is 0.142 e. The molecule has 1 fully saturated rings. The molecule has 4 heteroatoms. The van der Waals surface area contributed by atoms with Gasteiger partial charge in [-0.15, -0.1) is 0 Å². The lowest BCUT2D eigenvalue weighted by Crippen LogP contribution is -2.42. The average Bonchev–Trinajstić information content (AvgIpc) is 2.41. The number of rotatable bonds is 4. The Hall–Kier alpha value is -0.640. The summed E-state index contributed by atoms with van der Waals surface area (Å²) < 4.78 is 19.2. The van der Waals surface area contributed by atoms with Crippen molar-refractivity contribution in [1.29, 1.82) is 0 Å². The van der Waals surface area contributed by atoms with Crippen LogP contribution in [-0.2, 0) is 11.2 Å². The van der Waals surface area contributed by atoms with Crippen LogP contribution < -0.4 is 5.32 Å². The summed E-state index contributed by atoms with van der Waals surface area (Å²) >= 11 is 5.99. The second kappa shape index (κ2) is 6.50. The molecule has 1 heterocycles. The van der Waals surface area contributed by atoms with Crippen LogP contribution in [0.25, 0.3) is 0 Å². The third kappa shape index (κ3) is 3.22. The van der Waals surface area contributed by atoms with Crippen molar-refractivity contribution < 1.29 is 9.13 Å². The minimum Gasteiger partial charge on any atom is -0.377 e. The predicted octanol–water partition coefficient (Wildman–Crippen LogP) is 3.18. The minimum absolute atomic E-state index is 0.185. The zero-order chi connectivity index (χ0) is 13.0. The van der Waals surface area contributed by atoms with Crippen LogP contribution >= 0.6 is 11.6 Å². The number of hydrogen-bond donors (Lipinski definition) is 1. The lowest BCUT2D eigenvalue weighted by atomic mass is 9.96. The Balaban J connectivity index is 2.07. The predicted molar refractivity (Wildman–Crippen MR) is 71.6 cm³/mol. The van der Waals surface area contributed by atoms with Crippen LogP contribution in [0.4, 0.5) is 4.39 Å². The molecule has 18 heavy (non-hydrogen) atoms. The van der Waals surface area contributed by atoms with E-state index < -0.39 is 0 Å². The van der Waals surface area contributed by atoms with Crippen LogP contribution in [0.15, 0.2) is 18.2 Å². The first-order valence-electron chi connectivity index (χ1n) is 6.44. The largest absolute Gasteiger partial charge is 0.377 e. The molecule has 2 unspecified atom stereocenters. The Kier molecular flexibility index (Phi) is 4.98. The quantitative estimate of drug-likeness (QED) is 0.908. The molecular weight excluding hydrogens is 253 g/mol.